The van der Waals surface area contributed by atoms with Crippen LogP contribution in [0.1, 0.15) is 5.56 Å². The SMILES string of the molecule is O=CC(Cc1ccc(F)cc1)SC(=O)C1C=CN2C=CC=CC2=N1. The summed E-state index contributed by atoms with van der Waals surface area (Å²) in [5.74, 6) is 0.368. The minimum absolute atomic E-state index is 0.180. The molecule has 0 bridgehead atoms. The fraction of sp³-hybridized carbons (Fsp3) is 0.167. The van der Waals surface area contributed by atoms with Gasteiger partial charge in [-0.25, -0.2) is 4.39 Å². The van der Waals surface area contributed by atoms with Gasteiger partial charge < -0.3 is 9.69 Å². The van der Waals surface area contributed by atoms with Gasteiger partial charge in [-0.05, 0) is 42.3 Å². The summed E-state index contributed by atoms with van der Waals surface area (Å²) >= 11 is 0.970. The average Bonchev–Trinajstić information content (AvgIpc) is 2.62. The first kappa shape index (κ1) is 16.4. The van der Waals surface area contributed by atoms with E-state index in [0.717, 1.165) is 23.6 Å². The van der Waals surface area contributed by atoms with Gasteiger partial charge in [0.1, 0.15) is 24.0 Å². The second kappa shape index (κ2) is 7.40. The Labute approximate surface area is 143 Å². The van der Waals surface area contributed by atoms with Crippen LogP contribution >= 0.6 is 11.8 Å². The molecular weight excluding hydrogens is 327 g/mol. The molecule has 2 unspecified atom stereocenters. The molecule has 1 aromatic carbocycles. The summed E-state index contributed by atoms with van der Waals surface area (Å²) in [6.07, 6.45) is 12.0. The zero-order chi connectivity index (χ0) is 16.9. The van der Waals surface area contributed by atoms with Crippen LogP contribution in [0.2, 0.25) is 0 Å². The third kappa shape index (κ3) is 3.89. The lowest BCUT2D eigenvalue weighted by molar-refractivity contribution is -0.112. The molecule has 1 aromatic rings. The first-order valence-electron chi connectivity index (χ1n) is 7.45. The van der Waals surface area contributed by atoms with E-state index in [0.29, 0.717) is 12.3 Å². The Morgan fingerprint density at radius 3 is 2.83 bits per heavy atom. The number of carbonyl (C=O) groups is 2. The summed E-state index contributed by atoms with van der Waals surface area (Å²) in [5, 5.41) is -0.697. The Morgan fingerprint density at radius 1 is 1.29 bits per heavy atom. The van der Waals surface area contributed by atoms with E-state index < -0.39 is 11.3 Å². The number of amidine groups is 1. The number of aldehydes is 1. The van der Waals surface area contributed by atoms with E-state index in [1.54, 1.807) is 24.4 Å². The smallest absolute Gasteiger partial charge is 0.218 e. The van der Waals surface area contributed by atoms with Gasteiger partial charge in [0.25, 0.3) is 0 Å². The molecule has 0 saturated carbocycles. The van der Waals surface area contributed by atoms with Crippen LogP contribution in [0.5, 0.6) is 0 Å². The van der Waals surface area contributed by atoms with Crippen LogP contribution in [0, 0.1) is 5.82 Å². The number of rotatable bonds is 5. The molecule has 24 heavy (non-hydrogen) atoms. The number of hydrogen-bond donors (Lipinski definition) is 0. The number of fused-ring (bicyclic) bond motifs is 1. The van der Waals surface area contributed by atoms with E-state index in [2.05, 4.69) is 4.99 Å². The van der Waals surface area contributed by atoms with Crippen molar-refractivity contribution in [3.63, 3.8) is 0 Å². The van der Waals surface area contributed by atoms with Gasteiger partial charge >= 0.3 is 0 Å². The van der Waals surface area contributed by atoms with Crippen molar-refractivity contribution in [3.8, 4) is 0 Å². The van der Waals surface area contributed by atoms with Gasteiger partial charge in [0.15, 0.2) is 0 Å². The van der Waals surface area contributed by atoms with Gasteiger partial charge in [0.2, 0.25) is 5.12 Å². The molecule has 0 spiro atoms. The van der Waals surface area contributed by atoms with E-state index in [4.69, 9.17) is 0 Å². The van der Waals surface area contributed by atoms with Gasteiger partial charge in [-0.1, -0.05) is 30.0 Å². The van der Waals surface area contributed by atoms with Crippen LogP contribution in [-0.4, -0.2) is 33.4 Å². The Hall–Kier alpha value is -2.47. The molecule has 2 heterocycles. The summed E-state index contributed by atoms with van der Waals surface area (Å²) in [4.78, 5) is 29.9. The number of aliphatic imine (C=N–C) groups is 1. The molecule has 0 aromatic heterocycles. The van der Waals surface area contributed by atoms with Crippen LogP contribution in [0.3, 0.4) is 0 Å². The van der Waals surface area contributed by atoms with Crippen LogP contribution < -0.4 is 0 Å². The van der Waals surface area contributed by atoms with Gasteiger partial charge in [-0.2, -0.15) is 0 Å². The second-order valence-corrected chi connectivity index (χ2v) is 6.57. The number of nitrogens with zero attached hydrogens (tertiary/aromatic N) is 2. The standard InChI is InChI=1S/C18H15FN2O2S/c19-14-6-4-13(5-7-14)11-15(12-22)24-18(23)16-8-10-21-9-2-1-3-17(21)20-16/h1-10,12,15-16H,11H2. The van der Waals surface area contributed by atoms with E-state index in [1.807, 2.05) is 29.3 Å². The molecule has 0 saturated heterocycles. The highest BCUT2D eigenvalue weighted by molar-refractivity contribution is 8.14. The van der Waals surface area contributed by atoms with E-state index in [1.165, 1.54) is 12.1 Å². The largest absolute Gasteiger partial charge is 0.309 e. The second-order valence-electron chi connectivity index (χ2n) is 5.32. The summed E-state index contributed by atoms with van der Waals surface area (Å²) in [6, 6.07) is 5.32. The molecule has 0 radical (unpaired) electrons. The number of thioether (sulfide) groups is 1. The number of allylic oxidation sites excluding steroid dienone is 2. The molecule has 2 aliphatic heterocycles. The molecule has 122 valence electrons. The zero-order valence-corrected chi connectivity index (χ0v) is 13.5. The minimum atomic E-state index is -0.604. The Balaban J connectivity index is 1.63. The zero-order valence-electron chi connectivity index (χ0n) is 12.7. The third-order valence-electron chi connectivity index (χ3n) is 3.58. The Bertz CT molecular complexity index is 753. The highest BCUT2D eigenvalue weighted by Gasteiger charge is 2.24. The van der Waals surface area contributed by atoms with Gasteiger partial charge in [0.05, 0.1) is 5.25 Å². The number of benzene rings is 1. The van der Waals surface area contributed by atoms with Crippen molar-refractivity contribution < 1.29 is 14.0 Å². The van der Waals surface area contributed by atoms with E-state index >= 15 is 0 Å². The summed E-state index contributed by atoms with van der Waals surface area (Å²) in [6.45, 7) is 0. The van der Waals surface area contributed by atoms with Crippen molar-refractivity contribution in [1.29, 1.82) is 0 Å². The summed E-state index contributed by atoms with van der Waals surface area (Å²) in [7, 11) is 0. The molecule has 2 aliphatic rings. The fourth-order valence-electron chi connectivity index (χ4n) is 2.36. The maximum Gasteiger partial charge on any atom is 0.218 e. The Kier molecular flexibility index (Phi) is 5.05. The fourth-order valence-corrected chi connectivity index (χ4v) is 3.26. The molecular formula is C18H15FN2O2S. The lowest BCUT2D eigenvalue weighted by Gasteiger charge is -2.24. The van der Waals surface area contributed by atoms with Crippen molar-refractivity contribution in [2.45, 2.75) is 17.7 Å². The number of halogens is 1. The van der Waals surface area contributed by atoms with E-state index in [9.17, 15) is 14.0 Å². The van der Waals surface area contributed by atoms with Crippen molar-refractivity contribution >= 4 is 29.0 Å². The quantitative estimate of drug-likeness (QED) is 0.772. The lowest BCUT2D eigenvalue weighted by Crippen LogP contribution is -2.29. The topological polar surface area (TPSA) is 49.7 Å². The van der Waals surface area contributed by atoms with Crippen LogP contribution in [0.15, 0.2) is 66.0 Å². The normalized spacial score (nSPS) is 19.6. The van der Waals surface area contributed by atoms with Gasteiger partial charge in [-0.15, -0.1) is 0 Å². The van der Waals surface area contributed by atoms with Crippen LogP contribution in [0.4, 0.5) is 4.39 Å². The van der Waals surface area contributed by atoms with E-state index in [-0.39, 0.29) is 10.9 Å². The minimum Gasteiger partial charge on any atom is -0.309 e. The molecule has 0 aliphatic carbocycles. The van der Waals surface area contributed by atoms with Gasteiger partial charge in [0, 0.05) is 12.4 Å². The van der Waals surface area contributed by atoms with Crippen molar-refractivity contribution in [1.82, 2.24) is 4.90 Å². The first-order chi connectivity index (χ1) is 11.7. The molecule has 0 N–H and O–H groups in total. The molecule has 3 rings (SSSR count). The third-order valence-corrected chi connectivity index (χ3v) is 4.63. The molecule has 6 heteroatoms. The van der Waals surface area contributed by atoms with Crippen molar-refractivity contribution in [2.24, 2.45) is 4.99 Å². The predicted octanol–water partition coefficient (Wildman–Crippen LogP) is 2.88. The van der Waals surface area contributed by atoms with Crippen LogP contribution in [-0.2, 0) is 16.0 Å². The van der Waals surface area contributed by atoms with Crippen molar-refractivity contribution in [3.05, 3.63) is 72.4 Å². The lowest BCUT2D eigenvalue weighted by atomic mass is 10.1. The molecule has 0 amide bonds. The summed E-state index contributed by atoms with van der Waals surface area (Å²) in [5.41, 5.74) is 0.811. The first-order valence-corrected chi connectivity index (χ1v) is 8.33. The highest BCUT2D eigenvalue weighted by Crippen LogP contribution is 2.22. The van der Waals surface area contributed by atoms with Crippen molar-refractivity contribution in [2.75, 3.05) is 0 Å². The predicted molar refractivity (Wildman–Crippen MR) is 93.0 cm³/mol. The molecule has 0 fully saturated rings. The highest BCUT2D eigenvalue weighted by atomic mass is 32.2. The van der Waals surface area contributed by atoms with Crippen LogP contribution in [0.25, 0.3) is 0 Å². The maximum atomic E-state index is 12.9. The van der Waals surface area contributed by atoms with Gasteiger partial charge in [-0.3, -0.25) is 9.79 Å². The summed E-state index contributed by atoms with van der Waals surface area (Å²) < 4.78 is 12.9. The number of carbonyl (C=O) groups excluding carboxylic acids is 2. The maximum absolute atomic E-state index is 12.9. The monoisotopic (exact) mass is 342 g/mol. The molecule has 2 atom stereocenters. The Morgan fingerprint density at radius 2 is 2.08 bits per heavy atom. The average molecular weight is 342 g/mol. The molecule has 4 nitrogen and oxygen atoms in total. The number of hydrogen-bond acceptors (Lipinski definition) is 5.